The minimum atomic E-state index is -0.705. The number of hydrogen-bond acceptors (Lipinski definition) is 2. The smallest absolute Gasteiger partial charge is 0.332 e. The fraction of sp³-hybridized carbons (Fsp3) is 0. The largest absolute Gasteiger partial charge is 0.350 e. The summed E-state index contributed by atoms with van der Waals surface area (Å²) in [5.41, 5.74) is 7.59. The van der Waals surface area contributed by atoms with Crippen molar-refractivity contribution in [3.8, 4) is 0 Å². The zero-order chi connectivity index (χ0) is 9.68. The van der Waals surface area contributed by atoms with Crippen LogP contribution in [0.4, 0.5) is 4.79 Å². The van der Waals surface area contributed by atoms with Crippen LogP contribution in [0.1, 0.15) is 5.56 Å². The lowest BCUT2D eigenvalue weighted by Gasteiger charge is -1.95. The molecule has 5 heteroatoms. The van der Waals surface area contributed by atoms with Crippen LogP contribution < -0.4 is 11.2 Å². The quantitative estimate of drug-likeness (QED) is 0.545. The fourth-order valence-corrected chi connectivity index (χ4v) is 0.930. The van der Waals surface area contributed by atoms with Crippen LogP contribution in [0.5, 0.6) is 0 Å². The monoisotopic (exact) mass is 197 g/mol. The summed E-state index contributed by atoms with van der Waals surface area (Å²) in [7, 11) is 0. The van der Waals surface area contributed by atoms with Crippen molar-refractivity contribution in [2.24, 2.45) is 10.8 Å². The summed E-state index contributed by atoms with van der Waals surface area (Å²) < 4.78 is 0. The Morgan fingerprint density at radius 3 is 2.85 bits per heavy atom. The first kappa shape index (κ1) is 9.54. The van der Waals surface area contributed by atoms with E-state index in [0.29, 0.717) is 5.02 Å². The van der Waals surface area contributed by atoms with Crippen molar-refractivity contribution >= 4 is 23.8 Å². The molecule has 0 unspecified atom stereocenters. The Hall–Kier alpha value is -1.55. The molecule has 1 aromatic rings. The molecule has 0 atom stereocenters. The van der Waals surface area contributed by atoms with Gasteiger partial charge in [-0.05, 0) is 6.07 Å². The van der Waals surface area contributed by atoms with E-state index in [1.807, 2.05) is 6.07 Å². The van der Waals surface area contributed by atoms with Gasteiger partial charge >= 0.3 is 6.03 Å². The average molecular weight is 198 g/mol. The van der Waals surface area contributed by atoms with Gasteiger partial charge in [-0.3, -0.25) is 0 Å². The number of urea groups is 1. The fourth-order valence-electron chi connectivity index (χ4n) is 0.745. The number of nitrogens with one attached hydrogen (secondary N) is 1. The number of rotatable bonds is 2. The molecular formula is C8H8ClN3O. The molecule has 0 radical (unpaired) electrons. The molecule has 68 valence electrons. The van der Waals surface area contributed by atoms with Crippen molar-refractivity contribution in [1.29, 1.82) is 0 Å². The van der Waals surface area contributed by atoms with Gasteiger partial charge in [-0.25, -0.2) is 10.2 Å². The second kappa shape index (κ2) is 4.47. The standard InChI is InChI=1S/C8H8ClN3O/c9-7-4-2-1-3-6(7)5-11-12-8(10)13/h1-5H,(H3,10,12,13)/b11-5+. The summed E-state index contributed by atoms with van der Waals surface area (Å²) in [6.07, 6.45) is 1.42. The zero-order valence-electron chi connectivity index (χ0n) is 6.70. The highest BCUT2D eigenvalue weighted by Gasteiger charge is 1.93. The molecule has 0 fully saturated rings. The normalized spacial score (nSPS) is 10.2. The van der Waals surface area contributed by atoms with Crippen molar-refractivity contribution in [2.75, 3.05) is 0 Å². The van der Waals surface area contributed by atoms with Crippen LogP contribution in [0, 0.1) is 0 Å². The Morgan fingerprint density at radius 2 is 2.23 bits per heavy atom. The first-order valence-electron chi connectivity index (χ1n) is 3.53. The number of hydrazone groups is 1. The third kappa shape index (κ3) is 3.13. The summed E-state index contributed by atoms with van der Waals surface area (Å²) >= 11 is 5.80. The Bertz CT molecular complexity index is 338. The molecule has 3 N–H and O–H groups in total. The first-order valence-corrected chi connectivity index (χ1v) is 3.91. The van der Waals surface area contributed by atoms with E-state index in [-0.39, 0.29) is 0 Å². The molecule has 0 aromatic heterocycles. The highest BCUT2D eigenvalue weighted by atomic mass is 35.5. The van der Waals surface area contributed by atoms with Crippen LogP contribution in [-0.2, 0) is 0 Å². The molecule has 13 heavy (non-hydrogen) atoms. The molecule has 1 aromatic carbocycles. The number of nitrogens with two attached hydrogens (primary N) is 1. The summed E-state index contributed by atoms with van der Waals surface area (Å²) in [4.78, 5) is 10.2. The topological polar surface area (TPSA) is 67.5 Å². The van der Waals surface area contributed by atoms with Gasteiger partial charge in [0.2, 0.25) is 0 Å². The zero-order valence-corrected chi connectivity index (χ0v) is 7.45. The Balaban J connectivity index is 2.68. The van der Waals surface area contributed by atoms with Gasteiger partial charge in [0.15, 0.2) is 0 Å². The molecular weight excluding hydrogens is 190 g/mol. The van der Waals surface area contributed by atoms with Crippen molar-refractivity contribution in [3.63, 3.8) is 0 Å². The predicted octanol–water partition coefficient (Wildman–Crippen LogP) is 1.34. The van der Waals surface area contributed by atoms with Gasteiger partial charge in [0.05, 0.1) is 6.21 Å². The molecule has 0 aliphatic heterocycles. The van der Waals surface area contributed by atoms with E-state index >= 15 is 0 Å². The molecule has 0 aliphatic rings. The number of halogens is 1. The summed E-state index contributed by atoms with van der Waals surface area (Å²) in [5, 5.41) is 4.14. The summed E-state index contributed by atoms with van der Waals surface area (Å²) in [5.74, 6) is 0. The molecule has 0 saturated heterocycles. The first-order chi connectivity index (χ1) is 6.20. The maximum Gasteiger partial charge on any atom is 0.332 e. The number of carbonyl (C=O) groups excluding carboxylic acids is 1. The van der Waals surface area contributed by atoms with Gasteiger partial charge in [-0.15, -0.1) is 0 Å². The molecule has 0 aliphatic carbocycles. The molecule has 0 spiro atoms. The highest BCUT2D eigenvalue weighted by molar-refractivity contribution is 6.33. The van der Waals surface area contributed by atoms with E-state index in [1.165, 1.54) is 6.21 Å². The van der Waals surface area contributed by atoms with Crippen LogP contribution >= 0.6 is 11.6 Å². The number of hydrogen-bond donors (Lipinski definition) is 2. The minimum absolute atomic E-state index is 0.567. The minimum Gasteiger partial charge on any atom is -0.350 e. The Morgan fingerprint density at radius 1 is 1.54 bits per heavy atom. The van der Waals surface area contributed by atoms with Crippen LogP contribution in [0.2, 0.25) is 5.02 Å². The van der Waals surface area contributed by atoms with Gasteiger partial charge in [0.25, 0.3) is 0 Å². The Labute approximate surface area is 80.4 Å². The summed E-state index contributed by atoms with van der Waals surface area (Å²) in [6.45, 7) is 0. The van der Waals surface area contributed by atoms with Gasteiger partial charge < -0.3 is 5.73 Å². The van der Waals surface area contributed by atoms with E-state index in [0.717, 1.165) is 5.56 Å². The second-order valence-corrected chi connectivity index (χ2v) is 2.66. The SMILES string of the molecule is NC(=O)N/N=C/c1ccccc1Cl. The van der Waals surface area contributed by atoms with E-state index < -0.39 is 6.03 Å². The maximum atomic E-state index is 10.2. The predicted molar refractivity (Wildman–Crippen MR) is 51.8 cm³/mol. The van der Waals surface area contributed by atoms with Crippen molar-refractivity contribution in [3.05, 3.63) is 34.9 Å². The third-order valence-electron chi connectivity index (χ3n) is 1.28. The number of carbonyl (C=O) groups is 1. The van der Waals surface area contributed by atoms with Crippen LogP contribution in [0.25, 0.3) is 0 Å². The molecule has 0 heterocycles. The van der Waals surface area contributed by atoms with Crippen LogP contribution in [-0.4, -0.2) is 12.2 Å². The number of primary amides is 1. The average Bonchev–Trinajstić information content (AvgIpc) is 2.08. The number of nitrogens with zero attached hydrogens (tertiary/aromatic N) is 1. The van der Waals surface area contributed by atoms with Crippen molar-refractivity contribution < 1.29 is 4.79 Å². The van der Waals surface area contributed by atoms with Crippen molar-refractivity contribution in [1.82, 2.24) is 5.43 Å². The van der Waals surface area contributed by atoms with E-state index in [2.05, 4.69) is 10.5 Å². The maximum absolute atomic E-state index is 10.2. The third-order valence-corrected chi connectivity index (χ3v) is 1.63. The lowest BCUT2D eigenvalue weighted by molar-refractivity contribution is 0.249. The van der Waals surface area contributed by atoms with Gasteiger partial charge in [0, 0.05) is 10.6 Å². The molecule has 2 amide bonds. The van der Waals surface area contributed by atoms with Gasteiger partial charge in [-0.1, -0.05) is 29.8 Å². The lowest BCUT2D eigenvalue weighted by Crippen LogP contribution is -2.24. The van der Waals surface area contributed by atoms with E-state index in [1.54, 1.807) is 18.2 Å². The Kier molecular flexibility index (Phi) is 3.28. The number of amides is 2. The molecule has 0 saturated carbocycles. The second-order valence-electron chi connectivity index (χ2n) is 2.26. The lowest BCUT2D eigenvalue weighted by atomic mass is 10.2. The van der Waals surface area contributed by atoms with E-state index in [9.17, 15) is 4.79 Å². The van der Waals surface area contributed by atoms with Gasteiger partial charge in [-0.2, -0.15) is 5.10 Å². The molecule has 0 bridgehead atoms. The highest BCUT2D eigenvalue weighted by Crippen LogP contribution is 2.11. The van der Waals surface area contributed by atoms with Crippen LogP contribution in [0.15, 0.2) is 29.4 Å². The molecule has 4 nitrogen and oxygen atoms in total. The molecule has 1 rings (SSSR count). The number of benzene rings is 1. The van der Waals surface area contributed by atoms with Crippen LogP contribution in [0.3, 0.4) is 0 Å². The van der Waals surface area contributed by atoms with Gasteiger partial charge in [0.1, 0.15) is 0 Å². The van der Waals surface area contributed by atoms with E-state index in [4.69, 9.17) is 17.3 Å². The summed E-state index contributed by atoms with van der Waals surface area (Å²) in [6, 6.07) is 6.42. The van der Waals surface area contributed by atoms with Crippen molar-refractivity contribution in [2.45, 2.75) is 0 Å².